The van der Waals surface area contributed by atoms with Crippen LogP contribution in [0.3, 0.4) is 0 Å². The van der Waals surface area contributed by atoms with Gasteiger partial charge in [-0.3, -0.25) is 9.59 Å². The normalized spacial score (nSPS) is 9.52. The molecule has 0 saturated carbocycles. The first kappa shape index (κ1) is 19.9. The van der Waals surface area contributed by atoms with E-state index in [1.54, 1.807) is 32.0 Å². The Morgan fingerprint density at radius 1 is 0.920 bits per heavy atom. The number of rotatable bonds is 5. The third kappa shape index (κ3) is 6.47. The molecular formula is C19H20O6. The van der Waals surface area contributed by atoms with Crippen LogP contribution in [0.5, 0.6) is 5.75 Å². The molecule has 2 rings (SSSR count). The number of carboxylic acid groups (broad SMARTS) is 1. The summed E-state index contributed by atoms with van der Waals surface area (Å²) in [5.74, 6) is -1.31. The van der Waals surface area contributed by atoms with E-state index in [1.807, 2.05) is 0 Å². The van der Waals surface area contributed by atoms with Crippen LogP contribution in [0.4, 0.5) is 0 Å². The second-order valence-electron chi connectivity index (χ2n) is 4.92. The molecule has 6 heteroatoms. The van der Waals surface area contributed by atoms with Gasteiger partial charge in [0.25, 0.3) is 0 Å². The molecule has 2 aromatic rings. The largest absolute Gasteiger partial charge is 0.508 e. The maximum atomic E-state index is 12.3. The van der Waals surface area contributed by atoms with Crippen LogP contribution in [-0.4, -0.2) is 34.5 Å². The van der Waals surface area contributed by atoms with Crippen molar-refractivity contribution in [3.05, 3.63) is 65.2 Å². The predicted molar refractivity (Wildman–Crippen MR) is 91.9 cm³/mol. The van der Waals surface area contributed by atoms with E-state index in [2.05, 4.69) is 0 Å². The monoisotopic (exact) mass is 344 g/mol. The summed E-state index contributed by atoms with van der Waals surface area (Å²) in [7, 11) is 0. The Kier molecular flexibility index (Phi) is 7.86. The van der Waals surface area contributed by atoms with Crippen molar-refractivity contribution in [2.45, 2.75) is 20.3 Å². The molecule has 132 valence electrons. The topological polar surface area (TPSA) is 101 Å². The maximum Gasteiger partial charge on any atom is 0.338 e. The van der Waals surface area contributed by atoms with Crippen molar-refractivity contribution in [1.29, 1.82) is 0 Å². The number of phenolic OH excluding ortho intramolecular Hbond substituents is 1. The Balaban J connectivity index is 0.000000550. The van der Waals surface area contributed by atoms with E-state index in [9.17, 15) is 19.5 Å². The van der Waals surface area contributed by atoms with Crippen LogP contribution in [0.2, 0.25) is 0 Å². The summed E-state index contributed by atoms with van der Waals surface area (Å²) in [5.41, 5.74) is 1.20. The molecule has 0 aliphatic heterocycles. The molecule has 0 aliphatic carbocycles. The fraction of sp³-hybridized carbons (Fsp3) is 0.211. The van der Waals surface area contributed by atoms with Gasteiger partial charge in [-0.1, -0.05) is 19.1 Å². The molecule has 0 aromatic heterocycles. The van der Waals surface area contributed by atoms with E-state index in [-0.39, 0.29) is 24.6 Å². The van der Waals surface area contributed by atoms with Gasteiger partial charge in [0.05, 0.1) is 12.2 Å². The van der Waals surface area contributed by atoms with Gasteiger partial charge in [-0.25, -0.2) is 4.79 Å². The minimum absolute atomic E-state index is 0.0989. The van der Waals surface area contributed by atoms with Gasteiger partial charge in [-0.15, -0.1) is 0 Å². The lowest BCUT2D eigenvalue weighted by molar-refractivity contribution is -0.136. The maximum absolute atomic E-state index is 12.3. The summed E-state index contributed by atoms with van der Waals surface area (Å²) in [4.78, 5) is 33.3. The zero-order chi connectivity index (χ0) is 18.8. The van der Waals surface area contributed by atoms with E-state index < -0.39 is 11.9 Å². The lowest BCUT2D eigenvalue weighted by atomic mass is 10.0. The highest BCUT2D eigenvalue weighted by molar-refractivity contribution is 6.10. The summed E-state index contributed by atoms with van der Waals surface area (Å²) >= 11 is 0. The second kappa shape index (κ2) is 9.87. The van der Waals surface area contributed by atoms with E-state index in [0.29, 0.717) is 16.7 Å². The van der Waals surface area contributed by atoms with Gasteiger partial charge in [-0.2, -0.15) is 0 Å². The van der Waals surface area contributed by atoms with Crippen LogP contribution in [0.15, 0.2) is 48.5 Å². The first-order valence-corrected chi connectivity index (χ1v) is 7.71. The van der Waals surface area contributed by atoms with Gasteiger partial charge in [0.15, 0.2) is 5.78 Å². The zero-order valence-electron chi connectivity index (χ0n) is 14.1. The van der Waals surface area contributed by atoms with Crippen LogP contribution < -0.4 is 0 Å². The third-order valence-corrected chi connectivity index (χ3v) is 3.07. The van der Waals surface area contributed by atoms with Gasteiger partial charge in [-0.05, 0) is 43.3 Å². The molecule has 0 bridgehead atoms. The van der Waals surface area contributed by atoms with Gasteiger partial charge < -0.3 is 14.9 Å². The molecule has 0 amide bonds. The predicted octanol–water partition coefficient (Wildman–Crippen LogP) is 3.28. The number of esters is 1. The molecule has 6 nitrogen and oxygen atoms in total. The van der Waals surface area contributed by atoms with Gasteiger partial charge >= 0.3 is 11.9 Å². The quantitative estimate of drug-likeness (QED) is 0.637. The molecule has 0 fully saturated rings. The van der Waals surface area contributed by atoms with E-state index in [0.717, 1.165) is 0 Å². The van der Waals surface area contributed by atoms with E-state index in [1.165, 1.54) is 30.3 Å². The number of ketones is 1. The van der Waals surface area contributed by atoms with Gasteiger partial charge in [0.1, 0.15) is 5.75 Å². The fourth-order valence-corrected chi connectivity index (χ4v) is 1.78. The van der Waals surface area contributed by atoms with Crippen LogP contribution in [-0.2, 0) is 9.53 Å². The van der Waals surface area contributed by atoms with Crippen molar-refractivity contribution in [1.82, 2.24) is 0 Å². The van der Waals surface area contributed by atoms with E-state index in [4.69, 9.17) is 9.84 Å². The highest BCUT2D eigenvalue weighted by Crippen LogP contribution is 2.15. The molecule has 0 atom stereocenters. The molecule has 0 saturated heterocycles. The van der Waals surface area contributed by atoms with Crippen molar-refractivity contribution in [3.63, 3.8) is 0 Å². The number of phenols is 1. The van der Waals surface area contributed by atoms with Crippen molar-refractivity contribution in [2.24, 2.45) is 0 Å². The summed E-state index contributed by atoms with van der Waals surface area (Å²) in [6, 6.07) is 12.4. The van der Waals surface area contributed by atoms with Crippen LogP contribution in [0.1, 0.15) is 46.5 Å². The number of hydrogen-bond donors (Lipinski definition) is 2. The van der Waals surface area contributed by atoms with Crippen molar-refractivity contribution in [3.8, 4) is 5.75 Å². The van der Waals surface area contributed by atoms with Gasteiger partial charge in [0.2, 0.25) is 0 Å². The molecule has 0 radical (unpaired) electrons. The number of carboxylic acids is 1. The average molecular weight is 344 g/mol. The first-order valence-electron chi connectivity index (χ1n) is 7.71. The molecule has 0 spiro atoms. The number of benzene rings is 2. The Morgan fingerprint density at radius 3 is 2.00 bits per heavy atom. The summed E-state index contributed by atoms with van der Waals surface area (Å²) in [6.07, 6.45) is 0.222. The number of aromatic hydroxyl groups is 1. The SMILES string of the molecule is CCC(=O)O.CCOC(=O)c1cccc(C(=O)c2ccc(O)cc2)c1. The molecule has 2 N–H and O–H groups in total. The van der Waals surface area contributed by atoms with Crippen LogP contribution in [0, 0.1) is 0 Å². The number of carbonyl (C=O) groups excluding carboxylic acids is 2. The number of carbonyl (C=O) groups is 3. The summed E-state index contributed by atoms with van der Waals surface area (Å²) in [6.45, 7) is 3.61. The molecule has 25 heavy (non-hydrogen) atoms. The third-order valence-electron chi connectivity index (χ3n) is 3.07. The molecule has 2 aromatic carbocycles. The number of aliphatic carboxylic acids is 1. The van der Waals surface area contributed by atoms with E-state index >= 15 is 0 Å². The smallest absolute Gasteiger partial charge is 0.338 e. The Labute approximate surface area is 145 Å². The minimum atomic E-state index is -0.745. The molecule has 0 aliphatic rings. The highest BCUT2D eigenvalue weighted by atomic mass is 16.5. The zero-order valence-corrected chi connectivity index (χ0v) is 14.1. The van der Waals surface area contributed by atoms with Gasteiger partial charge in [0, 0.05) is 17.5 Å². The number of ether oxygens (including phenoxy) is 1. The highest BCUT2D eigenvalue weighted by Gasteiger charge is 2.12. The molecular weight excluding hydrogens is 324 g/mol. The Hall–Kier alpha value is -3.15. The standard InChI is InChI=1S/C16H14O4.C3H6O2/c1-2-20-16(19)13-5-3-4-12(10-13)15(18)11-6-8-14(17)9-7-11;1-2-3(4)5/h3-10,17H,2H2,1H3;2H2,1H3,(H,4,5). The number of hydrogen-bond acceptors (Lipinski definition) is 5. The Morgan fingerprint density at radius 2 is 1.48 bits per heavy atom. The Bertz CT molecular complexity index is 734. The average Bonchev–Trinajstić information content (AvgIpc) is 2.62. The lowest BCUT2D eigenvalue weighted by Crippen LogP contribution is -2.07. The minimum Gasteiger partial charge on any atom is -0.508 e. The summed E-state index contributed by atoms with van der Waals surface area (Å²) in [5, 5.41) is 16.9. The lowest BCUT2D eigenvalue weighted by Gasteiger charge is -2.05. The molecule has 0 unspecified atom stereocenters. The second-order valence-corrected chi connectivity index (χ2v) is 4.92. The summed E-state index contributed by atoms with van der Waals surface area (Å²) < 4.78 is 4.90. The van der Waals surface area contributed by atoms with Crippen LogP contribution in [0.25, 0.3) is 0 Å². The van der Waals surface area contributed by atoms with Crippen molar-refractivity contribution in [2.75, 3.05) is 6.61 Å². The fourth-order valence-electron chi connectivity index (χ4n) is 1.78. The van der Waals surface area contributed by atoms with Crippen molar-refractivity contribution < 1.29 is 29.3 Å². The molecule has 0 heterocycles. The van der Waals surface area contributed by atoms with Crippen molar-refractivity contribution >= 4 is 17.7 Å². The van der Waals surface area contributed by atoms with Crippen LogP contribution >= 0.6 is 0 Å². The first-order chi connectivity index (χ1) is 11.9.